The van der Waals surface area contributed by atoms with Gasteiger partial charge in [0.1, 0.15) is 0 Å². The van der Waals surface area contributed by atoms with Gasteiger partial charge in [0.2, 0.25) is 0 Å². The summed E-state index contributed by atoms with van der Waals surface area (Å²) in [5.41, 5.74) is 9.56. The summed E-state index contributed by atoms with van der Waals surface area (Å²) in [6.07, 6.45) is 2.32. The first-order chi connectivity index (χ1) is 11.4. The van der Waals surface area contributed by atoms with E-state index in [1.807, 2.05) is 0 Å². The van der Waals surface area contributed by atoms with E-state index >= 15 is 0 Å². The maximum Gasteiger partial charge on any atom is 0.0372 e. The molecule has 2 aromatic rings. The number of nitrogens with zero attached hydrogens (tertiary/aromatic N) is 2. The molecule has 3 nitrogen and oxygen atoms in total. The highest BCUT2D eigenvalue weighted by Gasteiger charge is 2.15. The molecule has 2 N–H and O–H groups in total. The van der Waals surface area contributed by atoms with Gasteiger partial charge >= 0.3 is 0 Å². The third kappa shape index (κ3) is 4.34. The first kappa shape index (κ1) is 16.0. The molecule has 0 saturated carbocycles. The number of hydrogen-bond donors (Lipinski definition) is 1. The fourth-order valence-electron chi connectivity index (χ4n) is 3.28. The van der Waals surface area contributed by atoms with Gasteiger partial charge in [0.15, 0.2) is 0 Å². The Morgan fingerprint density at radius 3 is 2.48 bits per heavy atom. The third-order valence-electron chi connectivity index (χ3n) is 4.59. The predicted octanol–water partition coefficient (Wildman–Crippen LogP) is 3.21. The molecule has 3 heteroatoms. The Kier molecular flexibility index (Phi) is 5.67. The van der Waals surface area contributed by atoms with E-state index in [1.54, 1.807) is 0 Å². The van der Waals surface area contributed by atoms with Crippen LogP contribution < -0.4 is 10.6 Å². The zero-order chi connectivity index (χ0) is 15.9. The molecule has 0 aromatic heterocycles. The van der Waals surface area contributed by atoms with Crippen molar-refractivity contribution in [3.63, 3.8) is 0 Å². The first-order valence-corrected chi connectivity index (χ1v) is 8.70. The molecule has 0 aliphatic carbocycles. The average molecular weight is 309 g/mol. The zero-order valence-electron chi connectivity index (χ0n) is 13.8. The highest BCUT2D eigenvalue weighted by Crippen LogP contribution is 2.25. The Balaban J connectivity index is 1.70. The molecule has 122 valence electrons. The van der Waals surface area contributed by atoms with Crippen molar-refractivity contribution in [2.24, 2.45) is 5.73 Å². The van der Waals surface area contributed by atoms with Crippen LogP contribution in [0.15, 0.2) is 54.6 Å². The Bertz CT molecular complexity index is 597. The Labute approximate surface area is 139 Å². The van der Waals surface area contributed by atoms with Crippen molar-refractivity contribution in [1.82, 2.24) is 4.90 Å². The Hall–Kier alpha value is -1.84. The van der Waals surface area contributed by atoms with Gasteiger partial charge in [-0.05, 0) is 55.7 Å². The molecule has 3 rings (SSSR count). The number of hydrogen-bond acceptors (Lipinski definition) is 3. The van der Waals surface area contributed by atoms with E-state index in [2.05, 4.69) is 64.4 Å². The Morgan fingerprint density at radius 1 is 0.826 bits per heavy atom. The largest absolute Gasteiger partial charge is 0.370 e. The molecule has 0 bridgehead atoms. The molecule has 0 spiro atoms. The van der Waals surface area contributed by atoms with Gasteiger partial charge in [0.05, 0.1) is 0 Å². The predicted molar refractivity (Wildman–Crippen MR) is 98.8 cm³/mol. The lowest BCUT2D eigenvalue weighted by molar-refractivity contribution is 0.291. The molecular formula is C20H27N3. The summed E-state index contributed by atoms with van der Waals surface area (Å²) in [5.74, 6) is 0. The van der Waals surface area contributed by atoms with Gasteiger partial charge in [-0.1, -0.05) is 42.5 Å². The van der Waals surface area contributed by atoms with E-state index < -0.39 is 0 Å². The lowest BCUT2D eigenvalue weighted by Gasteiger charge is -2.24. The van der Waals surface area contributed by atoms with Crippen LogP contribution in [-0.4, -0.2) is 44.2 Å². The van der Waals surface area contributed by atoms with Crippen molar-refractivity contribution in [2.75, 3.05) is 44.2 Å². The van der Waals surface area contributed by atoms with Crippen LogP contribution >= 0.6 is 0 Å². The summed E-state index contributed by atoms with van der Waals surface area (Å²) < 4.78 is 0. The molecule has 1 aliphatic rings. The molecule has 0 atom stereocenters. The summed E-state index contributed by atoms with van der Waals surface area (Å²) in [4.78, 5) is 5.07. The Morgan fingerprint density at radius 2 is 1.65 bits per heavy atom. The molecular weight excluding hydrogens is 282 g/mol. The van der Waals surface area contributed by atoms with Crippen LogP contribution in [0.1, 0.15) is 12.8 Å². The minimum atomic E-state index is 0.791. The highest BCUT2D eigenvalue weighted by atomic mass is 15.2. The van der Waals surface area contributed by atoms with Gasteiger partial charge in [-0.2, -0.15) is 0 Å². The van der Waals surface area contributed by atoms with Crippen LogP contribution in [0.4, 0.5) is 5.69 Å². The smallest absolute Gasteiger partial charge is 0.0372 e. The minimum Gasteiger partial charge on any atom is -0.370 e. The minimum absolute atomic E-state index is 0.791. The van der Waals surface area contributed by atoms with E-state index in [0.29, 0.717) is 0 Å². The normalized spacial score (nSPS) is 16.3. The van der Waals surface area contributed by atoms with Gasteiger partial charge < -0.3 is 15.5 Å². The van der Waals surface area contributed by atoms with Gasteiger partial charge in [-0.3, -0.25) is 0 Å². The highest BCUT2D eigenvalue weighted by molar-refractivity contribution is 5.68. The van der Waals surface area contributed by atoms with E-state index in [0.717, 1.165) is 39.1 Å². The number of anilines is 1. The van der Waals surface area contributed by atoms with E-state index in [4.69, 9.17) is 5.73 Å². The van der Waals surface area contributed by atoms with Gasteiger partial charge in [-0.25, -0.2) is 0 Å². The number of benzene rings is 2. The molecule has 1 heterocycles. The molecule has 2 aromatic carbocycles. The fourth-order valence-corrected chi connectivity index (χ4v) is 3.28. The lowest BCUT2D eigenvalue weighted by Crippen LogP contribution is -2.32. The second-order valence-electron chi connectivity index (χ2n) is 6.24. The monoisotopic (exact) mass is 309 g/mol. The summed E-state index contributed by atoms with van der Waals surface area (Å²) >= 11 is 0. The van der Waals surface area contributed by atoms with Gasteiger partial charge in [-0.15, -0.1) is 0 Å². The second-order valence-corrected chi connectivity index (χ2v) is 6.24. The summed E-state index contributed by atoms with van der Waals surface area (Å²) in [7, 11) is 0. The van der Waals surface area contributed by atoms with Crippen LogP contribution in [0.25, 0.3) is 11.1 Å². The molecule has 23 heavy (non-hydrogen) atoms. The van der Waals surface area contributed by atoms with E-state index in [9.17, 15) is 0 Å². The standard InChI is InChI=1S/C20H27N3/c21-11-5-12-22-13-6-14-23(16-15-22)20-10-4-9-19(17-20)18-7-2-1-3-8-18/h1-4,7-10,17H,5-6,11-16,21H2. The van der Waals surface area contributed by atoms with Crippen molar-refractivity contribution >= 4 is 5.69 Å². The van der Waals surface area contributed by atoms with E-state index in [1.165, 1.54) is 29.8 Å². The molecule has 1 fully saturated rings. The quantitative estimate of drug-likeness (QED) is 0.920. The maximum absolute atomic E-state index is 5.64. The maximum atomic E-state index is 5.64. The molecule has 0 unspecified atom stereocenters. The molecule has 0 radical (unpaired) electrons. The van der Waals surface area contributed by atoms with Crippen molar-refractivity contribution in [3.8, 4) is 11.1 Å². The van der Waals surface area contributed by atoms with Gasteiger partial charge in [0.25, 0.3) is 0 Å². The van der Waals surface area contributed by atoms with Crippen molar-refractivity contribution in [2.45, 2.75) is 12.8 Å². The van der Waals surface area contributed by atoms with Crippen LogP contribution in [0, 0.1) is 0 Å². The summed E-state index contributed by atoms with van der Waals surface area (Å²) in [5, 5.41) is 0. The number of rotatable bonds is 5. The fraction of sp³-hybridized carbons (Fsp3) is 0.400. The van der Waals surface area contributed by atoms with Crippen molar-refractivity contribution < 1.29 is 0 Å². The second kappa shape index (κ2) is 8.14. The molecule has 0 amide bonds. The third-order valence-corrected chi connectivity index (χ3v) is 4.59. The summed E-state index contributed by atoms with van der Waals surface area (Å²) in [6.45, 7) is 6.48. The molecule has 1 saturated heterocycles. The van der Waals surface area contributed by atoms with Gasteiger partial charge in [0, 0.05) is 25.3 Å². The average Bonchev–Trinajstić information content (AvgIpc) is 2.86. The van der Waals surface area contributed by atoms with Crippen LogP contribution in [-0.2, 0) is 0 Å². The van der Waals surface area contributed by atoms with E-state index in [-0.39, 0.29) is 0 Å². The lowest BCUT2D eigenvalue weighted by atomic mass is 10.0. The van der Waals surface area contributed by atoms with Crippen molar-refractivity contribution in [3.05, 3.63) is 54.6 Å². The van der Waals surface area contributed by atoms with Crippen LogP contribution in [0.2, 0.25) is 0 Å². The van der Waals surface area contributed by atoms with Crippen LogP contribution in [0.5, 0.6) is 0 Å². The topological polar surface area (TPSA) is 32.5 Å². The summed E-state index contributed by atoms with van der Waals surface area (Å²) in [6, 6.07) is 19.6. The number of nitrogens with two attached hydrogens (primary N) is 1. The SMILES string of the molecule is NCCCN1CCCN(c2cccc(-c3ccccc3)c2)CC1. The van der Waals surface area contributed by atoms with Crippen LogP contribution in [0.3, 0.4) is 0 Å². The first-order valence-electron chi connectivity index (χ1n) is 8.70. The zero-order valence-corrected chi connectivity index (χ0v) is 13.8. The van der Waals surface area contributed by atoms with Crippen molar-refractivity contribution in [1.29, 1.82) is 0 Å². The molecule has 1 aliphatic heterocycles.